The second-order valence-corrected chi connectivity index (χ2v) is 4.91. The van der Waals surface area contributed by atoms with Crippen molar-refractivity contribution < 1.29 is 9.53 Å². The highest BCUT2D eigenvalue weighted by molar-refractivity contribution is 14.1. The molecule has 0 aliphatic heterocycles. The van der Waals surface area contributed by atoms with Crippen LogP contribution in [-0.2, 0) is 11.2 Å². The number of ether oxygens (including phenoxy) is 1. The van der Waals surface area contributed by atoms with Gasteiger partial charge in [-0.1, -0.05) is 0 Å². The Balaban J connectivity index is 2.69. The van der Waals surface area contributed by atoms with Crippen molar-refractivity contribution in [1.29, 1.82) is 0 Å². The first-order valence-corrected chi connectivity index (χ1v) is 6.15. The zero-order valence-electron chi connectivity index (χ0n) is 9.79. The van der Waals surface area contributed by atoms with Crippen molar-refractivity contribution in [2.75, 3.05) is 21.2 Å². The van der Waals surface area contributed by atoms with E-state index in [9.17, 15) is 4.79 Å². The van der Waals surface area contributed by atoms with Crippen molar-refractivity contribution in [1.82, 2.24) is 4.90 Å². The molecular formula is C12H16INO2. The van der Waals surface area contributed by atoms with Gasteiger partial charge in [0.2, 0.25) is 5.91 Å². The Morgan fingerprint density at radius 1 is 1.44 bits per heavy atom. The maximum atomic E-state index is 11.5. The monoisotopic (exact) mass is 333 g/mol. The van der Waals surface area contributed by atoms with Crippen LogP contribution in [0, 0.1) is 3.57 Å². The smallest absolute Gasteiger partial charge is 0.222 e. The summed E-state index contributed by atoms with van der Waals surface area (Å²) in [5.41, 5.74) is 1.16. The number of methoxy groups -OCH3 is 1. The third-order valence-corrected chi connectivity index (χ3v) is 3.41. The summed E-state index contributed by atoms with van der Waals surface area (Å²) in [6.07, 6.45) is 1.29. The van der Waals surface area contributed by atoms with Crippen molar-refractivity contribution in [3.05, 3.63) is 27.3 Å². The molecule has 0 aromatic heterocycles. The standard InChI is InChI=1S/C12H16INO2/c1-14(2)12(15)7-4-9-8-10(16-3)5-6-11(9)13/h5-6,8H,4,7H2,1-3H3. The number of halogens is 1. The topological polar surface area (TPSA) is 29.5 Å². The van der Waals surface area contributed by atoms with Gasteiger partial charge in [0.15, 0.2) is 0 Å². The Morgan fingerprint density at radius 3 is 2.69 bits per heavy atom. The first kappa shape index (κ1) is 13.3. The van der Waals surface area contributed by atoms with Crippen LogP contribution in [-0.4, -0.2) is 32.0 Å². The Hall–Kier alpha value is -0.780. The average Bonchev–Trinajstić information content (AvgIpc) is 2.27. The Bertz CT molecular complexity index is 377. The highest BCUT2D eigenvalue weighted by Gasteiger charge is 2.07. The molecule has 0 aliphatic carbocycles. The lowest BCUT2D eigenvalue weighted by Crippen LogP contribution is -2.21. The molecule has 1 aromatic carbocycles. The Kier molecular flexibility index (Phi) is 5.05. The fourth-order valence-corrected chi connectivity index (χ4v) is 1.94. The molecule has 0 saturated heterocycles. The van der Waals surface area contributed by atoms with Crippen molar-refractivity contribution >= 4 is 28.5 Å². The lowest BCUT2D eigenvalue weighted by molar-refractivity contribution is -0.128. The van der Waals surface area contributed by atoms with Crippen LogP contribution in [0.3, 0.4) is 0 Å². The van der Waals surface area contributed by atoms with E-state index in [2.05, 4.69) is 22.6 Å². The lowest BCUT2D eigenvalue weighted by Gasteiger charge is -2.11. The largest absolute Gasteiger partial charge is 0.497 e. The molecule has 0 bridgehead atoms. The first-order valence-electron chi connectivity index (χ1n) is 5.07. The minimum absolute atomic E-state index is 0.151. The van der Waals surface area contributed by atoms with Gasteiger partial charge < -0.3 is 9.64 Å². The number of carbonyl (C=O) groups is 1. The second kappa shape index (κ2) is 6.08. The summed E-state index contributed by atoms with van der Waals surface area (Å²) < 4.78 is 6.34. The molecule has 0 atom stereocenters. The second-order valence-electron chi connectivity index (χ2n) is 3.75. The highest BCUT2D eigenvalue weighted by atomic mass is 127. The molecule has 1 amide bonds. The minimum Gasteiger partial charge on any atom is -0.497 e. The summed E-state index contributed by atoms with van der Waals surface area (Å²) in [5, 5.41) is 0. The SMILES string of the molecule is COc1ccc(I)c(CCC(=O)N(C)C)c1. The van der Waals surface area contributed by atoms with Crippen molar-refractivity contribution in [3.8, 4) is 5.75 Å². The molecule has 3 nitrogen and oxygen atoms in total. The van der Waals surface area contributed by atoms with Gasteiger partial charge in [-0.05, 0) is 52.8 Å². The van der Waals surface area contributed by atoms with Gasteiger partial charge in [-0.3, -0.25) is 4.79 Å². The lowest BCUT2D eigenvalue weighted by atomic mass is 10.1. The van der Waals surface area contributed by atoms with E-state index in [0.29, 0.717) is 6.42 Å². The van der Waals surface area contributed by atoms with E-state index in [1.165, 1.54) is 3.57 Å². The highest BCUT2D eigenvalue weighted by Crippen LogP contribution is 2.20. The molecule has 0 N–H and O–H groups in total. The number of benzene rings is 1. The molecule has 0 saturated carbocycles. The van der Waals surface area contributed by atoms with Crippen LogP contribution in [0.1, 0.15) is 12.0 Å². The molecule has 0 spiro atoms. The molecule has 0 aliphatic rings. The third-order valence-electron chi connectivity index (χ3n) is 2.36. The van der Waals surface area contributed by atoms with Crippen LogP contribution in [0.4, 0.5) is 0 Å². The third kappa shape index (κ3) is 3.66. The van der Waals surface area contributed by atoms with E-state index in [0.717, 1.165) is 17.7 Å². The van der Waals surface area contributed by atoms with Crippen molar-refractivity contribution in [2.24, 2.45) is 0 Å². The van der Waals surface area contributed by atoms with Crippen LogP contribution >= 0.6 is 22.6 Å². The fourth-order valence-electron chi connectivity index (χ4n) is 1.33. The van der Waals surface area contributed by atoms with Crippen LogP contribution in [0.2, 0.25) is 0 Å². The van der Waals surface area contributed by atoms with Crippen LogP contribution in [0.15, 0.2) is 18.2 Å². The number of rotatable bonds is 4. The average molecular weight is 333 g/mol. The quantitative estimate of drug-likeness (QED) is 0.792. The molecule has 1 aromatic rings. The van der Waals surface area contributed by atoms with Gasteiger partial charge in [0.05, 0.1) is 7.11 Å². The normalized spacial score (nSPS) is 10.0. The van der Waals surface area contributed by atoms with Crippen LogP contribution in [0.5, 0.6) is 5.75 Å². The predicted octanol–water partition coefficient (Wildman–Crippen LogP) is 2.32. The number of aryl methyl sites for hydroxylation is 1. The molecule has 1 rings (SSSR count). The number of carbonyl (C=O) groups excluding carboxylic acids is 1. The summed E-state index contributed by atoms with van der Waals surface area (Å²) in [4.78, 5) is 13.1. The number of amides is 1. The van der Waals surface area contributed by atoms with E-state index in [1.54, 1.807) is 26.1 Å². The van der Waals surface area contributed by atoms with E-state index < -0.39 is 0 Å². The number of hydrogen-bond acceptors (Lipinski definition) is 2. The Labute approximate surface area is 110 Å². The van der Waals surface area contributed by atoms with E-state index in [1.807, 2.05) is 18.2 Å². The van der Waals surface area contributed by atoms with E-state index in [-0.39, 0.29) is 5.91 Å². The Morgan fingerprint density at radius 2 is 2.12 bits per heavy atom. The van der Waals surface area contributed by atoms with E-state index in [4.69, 9.17) is 4.74 Å². The van der Waals surface area contributed by atoms with Gasteiger partial charge in [-0.15, -0.1) is 0 Å². The van der Waals surface area contributed by atoms with Gasteiger partial charge in [0, 0.05) is 24.1 Å². The zero-order valence-corrected chi connectivity index (χ0v) is 11.9. The molecule has 0 radical (unpaired) electrons. The molecular weight excluding hydrogens is 317 g/mol. The van der Waals surface area contributed by atoms with Gasteiger partial charge >= 0.3 is 0 Å². The van der Waals surface area contributed by atoms with Crippen molar-refractivity contribution in [2.45, 2.75) is 12.8 Å². The van der Waals surface area contributed by atoms with Gasteiger partial charge in [-0.25, -0.2) is 0 Å². The van der Waals surface area contributed by atoms with Gasteiger partial charge in [0.25, 0.3) is 0 Å². The molecule has 4 heteroatoms. The minimum atomic E-state index is 0.151. The van der Waals surface area contributed by atoms with Crippen LogP contribution < -0.4 is 4.74 Å². The van der Waals surface area contributed by atoms with Crippen molar-refractivity contribution in [3.63, 3.8) is 0 Å². The summed E-state index contributed by atoms with van der Waals surface area (Å²) in [6, 6.07) is 5.93. The maximum absolute atomic E-state index is 11.5. The predicted molar refractivity (Wildman–Crippen MR) is 72.7 cm³/mol. The molecule has 0 heterocycles. The molecule has 0 unspecified atom stereocenters. The fraction of sp³-hybridized carbons (Fsp3) is 0.417. The molecule has 16 heavy (non-hydrogen) atoms. The van der Waals surface area contributed by atoms with Gasteiger partial charge in [-0.2, -0.15) is 0 Å². The zero-order chi connectivity index (χ0) is 12.1. The summed E-state index contributed by atoms with van der Waals surface area (Å²) >= 11 is 2.28. The van der Waals surface area contributed by atoms with E-state index >= 15 is 0 Å². The number of nitrogens with zero attached hydrogens (tertiary/aromatic N) is 1. The first-order chi connectivity index (χ1) is 7.54. The maximum Gasteiger partial charge on any atom is 0.222 e. The molecule has 0 fully saturated rings. The summed E-state index contributed by atoms with van der Waals surface area (Å²) in [7, 11) is 5.20. The summed E-state index contributed by atoms with van der Waals surface area (Å²) in [5.74, 6) is 0.992. The number of hydrogen-bond donors (Lipinski definition) is 0. The molecule has 88 valence electrons. The summed E-state index contributed by atoms with van der Waals surface area (Å²) in [6.45, 7) is 0. The van der Waals surface area contributed by atoms with Crippen LogP contribution in [0.25, 0.3) is 0 Å². The van der Waals surface area contributed by atoms with Gasteiger partial charge in [0.1, 0.15) is 5.75 Å².